The van der Waals surface area contributed by atoms with Gasteiger partial charge in [0, 0.05) is 28.3 Å². The highest BCUT2D eigenvalue weighted by molar-refractivity contribution is 7.15. The van der Waals surface area contributed by atoms with Crippen molar-refractivity contribution in [3.05, 3.63) is 45.4 Å². The van der Waals surface area contributed by atoms with Crippen LogP contribution in [-0.2, 0) is 16.6 Å². The summed E-state index contributed by atoms with van der Waals surface area (Å²) in [6.07, 6.45) is 0.750. The fraction of sp³-hybridized carbons (Fsp3) is 0.444. The van der Waals surface area contributed by atoms with Crippen LogP contribution in [-0.4, -0.2) is 35.7 Å². The van der Waals surface area contributed by atoms with E-state index in [0.717, 1.165) is 22.6 Å². The van der Waals surface area contributed by atoms with Gasteiger partial charge in [-0.2, -0.15) is 0 Å². The van der Waals surface area contributed by atoms with Gasteiger partial charge in [0.1, 0.15) is 0 Å². The Hall–Kier alpha value is -1.47. The van der Waals surface area contributed by atoms with E-state index in [4.69, 9.17) is 16.7 Å². The highest BCUT2D eigenvalue weighted by atomic mass is 35.5. The molecule has 1 aromatic carbocycles. The van der Waals surface area contributed by atoms with E-state index in [2.05, 4.69) is 36.4 Å². The largest absolute Gasteiger partial charge is 0.395 e. The van der Waals surface area contributed by atoms with Crippen LogP contribution in [0.3, 0.4) is 0 Å². The topological polar surface area (TPSA) is 74.2 Å². The van der Waals surface area contributed by atoms with Crippen LogP contribution in [0.15, 0.2) is 24.3 Å². The van der Waals surface area contributed by atoms with Crippen LogP contribution >= 0.6 is 22.9 Å². The number of hydrogen-bond donors (Lipinski definition) is 3. The molecule has 0 atom stereocenters. The Morgan fingerprint density at radius 3 is 2.56 bits per heavy atom. The lowest BCUT2D eigenvalue weighted by atomic mass is 9.90. The van der Waals surface area contributed by atoms with Crippen LogP contribution in [0.2, 0.25) is 5.02 Å². The smallest absolute Gasteiger partial charge is 0.240 e. The predicted molar refractivity (Wildman–Crippen MR) is 104 cm³/mol. The monoisotopic (exact) mass is 381 g/mol. The summed E-state index contributed by atoms with van der Waals surface area (Å²) < 4.78 is 0. The van der Waals surface area contributed by atoms with Crippen LogP contribution < -0.4 is 10.6 Å². The molecule has 0 aliphatic carbocycles. The molecule has 0 bridgehead atoms. The lowest BCUT2D eigenvalue weighted by Crippen LogP contribution is -2.30. The zero-order chi connectivity index (χ0) is 18.4. The van der Waals surface area contributed by atoms with Gasteiger partial charge in [-0.3, -0.25) is 4.79 Å². The SMILES string of the molecule is CC(C)(C)c1nc(NC(=O)CNCCO)sc1Cc1ccc(Cl)cc1. The maximum atomic E-state index is 12.0. The van der Waals surface area contributed by atoms with Crippen molar-refractivity contribution in [2.45, 2.75) is 32.6 Å². The quantitative estimate of drug-likeness (QED) is 0.644. The second kappa shape index (κ2) is 8.76. The van der Waals surface area contributed by atoms with E-state index in [1.165, 1.54) is 11.3 Å². The molecule has 1 amide bonds. The van der Waals surface area contributed by atoms with Gasteiger partial charge in [-0.15, -0.1) is 11.3 Å². The first-order valence-corrected chi connectivity index (χ1v) is 9.35. The van der Waals surface area contributed by atoms with Crippen molar-refractivity contribution in [3.63, 3.8) is 0 Å². The minimum absolute atomic E-state index is 0.00391. The number of benzene rings is 1. The minimum Gasteiger partial charge on any atom is -0.395 e. The molecule has 0 saturated carbocycles. The molecule has 1 aromatic heterocycles. The van der Waals surface area contributed by atoms with Gasteiger partial charge < -0.3 is 15.7 Å². The lowest BCUT2D eigenvalue weighted by Gasteiger charge is -2.17. The number of hydrogen-bond acceptors (Lipinski definition) is 5. The standard InChI is InChI=1S/C18H24ClN3O2S/c1-18(2,3)16-14(10-12-4-6-13(19)7-5-12)25-17(22-16)21-15(24)11-20-8-9-23/h4-7,20,23H,8-11H2,1-3H3,(H,21,22,24). The van der Waals surface area contributed by atoms with Gasteiger partial charge in [0.25, 0.3) is 0 Å². The fourth-order valence-corrected chi connectivity index (χ4v) is 3.69. The summed E-state index contributed by atoms with van der Waals surface area (Å²) in [5.41, 5.74) is 2.03. The lowest BCUT2D eigenvalue weighted by molar-refractivity contribution is -0.115. The van der Waals surface area contributed by atoms with Gasteiger partial charge in [0.05, 0.1) is 18.8 Å². The first-order valence-electron chi connectivity index (χ1n) is 8.15. The maximum Gasteiger partial charge on any atom is 0.240 e. The Labute approximate surface area is 157 Å². The molecule has 0 fully saturated rings. The van der Waals surface area contributed by atoms with Crippen LogP contribution in [0.25, 0.3) is 0 Å². The van der Waals surface area contributed by atoms with Gasteiger partial charge in [-0.1, -0.05) is 44.5 Å². The van der Waals surface area contributed by atoms with Crippen molar-refractivity contribution in [2.24, 2.45) is 0 Å². The molecule has 0 spiro atoms. The van der Waals surface area contributed by atoms with Gasteiger partial charge in [-0.05, 0) is 17.7 Å². The predicted octanol–water partition coefficient (Wildman–Crippen LogP) is 3.21. The number of rotatable bonds is 7. The Balaban J connectivity index is 2.16. The molecule has 25 heavy (non-hydrogen) atoms. The zero-order valence-electron chi connectivity index (χ0n) is 14.7. The van der Waals surface area contributed by atoms with Gasteiger partial charge in [0.2, 0.25) is 5.91 Å². The third-order valence-electron chi connectivity index (χ3n) is 3.51. The molecule has 3 N–H and O–H groups in total. The second-order valence-electron chi connectivity index (χ2n) is 6.79. The van der Waals surface area contributed by atoms with Crippen molar-refractivity contribution in [3.8, 4) is 0 Å². The third kappa shape index (κ3) is 6.08. The minimum atomic E-state index is -0.166. The number of anilines is 1. The van der Waals surface area contributed by atoms with Crippen molar-refractivity contribution >= 4 is 34.0 Å². The summed E-state index contributed by atoms with van der Waals surface area (Å²) >= 11 is 7.45. The first-order chi connectivity index (χ1) is 11.8. The summed E-state index contributed by atoms with van der Waals surface area (Å²) in [5.74, 6) is -0.166. The number of halogens is 1. The van der Waals surface area contributed by atoms with Crippen molar-refractivity contribution in [1.29, 1.82) is 0 Å². The molecule has 0 aliphatic rings. The van der Waals surface area contributed by atoms with Crippen LogP contribution in [0.1, 0.15) is 36.9 Å². The number of aromatic nitrogens is 1. The number of carbonyl (C=O) groups is 1. The van der Waals surface area contributed by atoms with E-state index < -0.39 is 0 Å². The molecular formula is C18H24ClN3O2S. The molecule has 2 aromatic rings. The van der Waals surface area contributed by atoms with E-state index in [-0.39, 0.29) is 24.5 Å². The van der Waals surface area contributed by atoms with E-state index in [1.54, 1.807) is 0 Å². The van der Waals surface area contributed by atoms with E-state index >= 15 is 0 Å². The molecule has 2 rings (SSSR count). The summed E-state index contributed by atoms with van der Waals surface area (Å²) in [7, 11) is 0. The zero-order valence-corrected chi connectivity index (χ0v) is 16.3. The van der Waals surface area contributed by atoms with Gasteiger partial charge in [0.15, 0.2) is 5.13 Å². The Morgan fingerprint density at radius 2 is 1.96 bits per heavy atom. The maximum absolute atomic E-state index is 12.0. The van der Waals surface area contributed by atoms with Gasteiger partial charge in [-0.25, -0.2) is 4.98 Å². The molecule has 7 heteroatoms. The molecule has 136 valence electrons. The fourth-order valence-electron chi connectivity index (χ4n) is 2.34. The number of aliphatic hydroxyl groups is 1. The highest BCUT2D eigenvalue weighted by Crippen LogP contribution is 2.33. The summed E-state index contributed by atoms with van der Waals surface area (Å²) in [6, 6.07) is 7.77. The normalized spacial score (nSPS) is 11.6. The number of thiazole rings is 1. The average Bonchev–Trinajstić information content (AvgIpc) is 2.92. The van der Waals surface area contributed by atoms with Crippen LogP contribution in [0.4, 0.5) is 5.13 Å². The van der Waals surface area contributed by atoms with Crippen molar-refractivity contribution in [2.75, 3.05) is 25.0 Å². The number of aliphatic hydroxyl groups excluding tert-OH is 1. The molecule has 0 aliphatic heterocycles. The summed E-state index contributed by atoms with van der Waals surface area (Å²) in [4.78, 5) is 17.7. The molecule has 1 heterocycles. The van der Waals surface area contributed by atoms with Crippen LogP contribution in [0.5, 0.6) is 0 Å². The first kappa shape index (κ1) is 19.8. The molecule has 0 unspecified atom stereocenters. The third-order valence-corrected chi connectivity index (χ3v) is 4.73. The average molecular weight is 382 g/mol. The second-order valence-corrected chi connectivity index (χ2v) is 8.31. The van der Waals surface area contributed by atoms with E-state index in [0.29, 0.717) is 16.7 Å². The van der Waals surface area contributed by atoms with Crippen molar-refractivity contribution in [1.82, 2.24) is 10.3 Å². The highest BCUT2D eigenvalue weighted by Gasteiger charge is 2.24. The summed E-state index contributed by atoms with van der Waals surface area (Å²) in [6.45, 7) is 6.88. The van der Waals surface area contributed by atoms with Gasteiger partial charge >= 0.3 is 0 Å². The Morgan fingerprint density at radius 1 is 1.28 bits per heavy atom. The molecule has 0 radical (unpaired) electrons. The van der Waals surface area contributed by atoms with Crippen LogP contribution in [0, 0.1) is 0 Å². The molecular weight excluding hydrogens is 358 g/mol. The number of amides is 1. The molecule has 5 nitrogen and oxygen atoms in total. The molecule has 0 saturated heterocycles. The van der Waals surface area contributed by atoms with E-state index in [1.807, 2.05) is 24.3 Å². The van der Waals surface area contributed by atoms with E-state index in [9.17, 15) is 4.79 Å². The number of nitrogens with one attached hydrogen (secondary N) is 2. The number of carbonyl (C=O) groups excluding carboxylic acids is 1. The van der Waals surface area contributed by atoms with Crippen molar-refractivity contribution < 1.29 is 9.90 Å². The number of nitrogens with zero attached hydrogens (tertiary/aromatic N) is 1. The Kier molecular flexibility index (Phi) is 6.95. The summed E-state index contributed by atoms with van der Waals surface area (Å²) in [5, 5.41) is 15.7. The Bertz CT molecular complexity index is 708.